The molecule has 2 fully saturated rings. The van der Waals surface area contributed by atoms with Gasteiger partial charge in [0, 0.05) is 38.6 Å². The third kappa shape index (κ3) is 3.73. The van der Waals surface area contributed by atoms with E-state index in [1.165, 1.54) is 5.56 Å². The minimum absolute atomic E-state index is 0.0354. The molecule has 0 radical (unpaired) electrons. The van der Waals surface area contributed by atoms with Gasteiger partial charge in [0.05, 0.1) is 0 Å². The molecule has 2 amide bonds. The Bertz CT molecular complexity index is 580. The fourth-order valence-electron chi connectivity index (χ4n) is 3.44. The molecular formula is C17H25N5O2. The Kier molecular flexibility index (Phi) is 5.42. The van der Waals surface area contributed by atoms with Crippen LogP contribution in [-0.2, 0) is 16.1 Å². The maximum atomic E-state index is 12.6. The molecule has 7 nitrogen and oxygen atoms in total. The Balaban J connectivity index is 1.59. The van der Waals surface area contributed by atoms with E-state index in [0.29, 0.717) is 26.1 Å². The largest absolute Gasteiger partial charge is 0.342 e. The number of carbonyl (C=O) groups excluding carboxylic acids is 2. The molecule has 130 valence electrons. The number of unbranched alkanes of at least 4 members (excludes halogenated alkanes) is 1. The first-order valence-corrected chi connectivity index (χ1v) is 8.61. The summed E-state index contributed by atoms with van der Waals surface area (Å²) in [6.07, 6.45) is 5.96. The third-order valence-electron chi connectivity index (χ3n) is 4.77. The first kappa shape index (κ1) is 16.9. The van der Waals surface area contributed by atoms with Crippen LogP contribution in [0, 0.1) is 0 Å². The SMILES string of the molecule is NCCCC[C@@H]1NC(=O)[C@H]2CN(Cc3ccncc3)CCN2C1=O. The molecule has 0 spiro atoms. The van der Waals surface area contributed by atoms with E-state index >= 15 is 0 Å². The summed E-state index contributed by atoms with van der Waals surface area (Å²) in [5.74, 6) is 0.0203. The number of hydrogen-bond acceptors (Lipinski definition) is 5. The summed E-state index contributed by atoms with van der Waals surface area (Å²) in [5, 5.41) is 2.90. The second-order valence-electron chi connectivity index (χ2n) is 6.48. The lowest BCUT2D eigenvalue weighted by Gasteiger charge is -2.45. The predicted octanol–water partition coefficient (Wildman–Crippen LogP) is -0.278. The minimum atomic E-state index is -0.382. The molecule has 0 aliphatic carbocycles. The zero-order valence-corrected chi connectivity index (χ0v) is 13.9. The Hall–Kier alpha value is -1.99. The van der Waals surface area contributed by atoms with Crippen molar-refractivity contribution in [2.24, 2.45) is 5.73 Å². The van der Waals surface area contributed by atoms with Gasteiger partial charge >= 0.3 is 0 Å². The van der Waals surface area contributed by atoms with Gasteiger partial charge in [-0.1, -0.05) is 0 Å². The van der Waals surface area contributed by atoms with Crippen molar-refractivity contribution in [2.75, 3.05) is 26.2 Å². The molecule has 0 saturated carbocycles. The highest BCUT2D eigenvalue weighted by Crippen LogP contribution is 2.19. The highest BCUT2D eigenvalue weighted by molar-refractivity contribution is 5.97. The molecule has 3 heterocycles. The normalized spacial score (nSPS) is 24.6. The van der Waals surface area contributed by atoms with Crippen molar-refractivity contribution in [3.05, 3.63) is 30.1 Å². The van der Waals surface area contributed by atoms with Crippen LogP contribution >= 0.6 is 0 Å². The maximum absolute atomic E-state index is 12.6. The highest BCUT2D eigenvalue weighted by atomic mass is 16.2. The number of rotatable bonds is 6. The van der Waals surface area contributed by atoms with Crippen LogP contribution in [0.5, 0.6) is 0 Å². The van der Waals surface area contributed by atoms with Gasteiger partial charge in [-0.05, 0) is 43.5 Å². The van der Waals surface area contributed by atoms with E-state index in [1.54, 1.807) is 17.3 Å². The van der Waals surface area contributed by atoms with Crippen molar-refractivity contribution in [3.63, 3.8) is 0 Å². The van der Waals surface area contributed by atoms with Crippen LogP contribution in [0.4, 0.5) is 0 Å². The van der Waals surface area contributed by atoms with Crippen molar-refractivity contribution in [1.82, 2.24) is 20.1 Å². The Morgan fingerprint density at radius 1 is 1.21 bits per heavy atom. The first-order valence-electron chi connectivity index (χ1n) is 8.61. The van der Waals surface area contributed by atoms with Crippen molar-refractivity contribution in [1.29, 1.82) is 0 Å². The molecule has 0 unspecified atom stereocenters. The van der Waals surface area contributed by atoms with E-state index in [-0.39, 0.29) is 23.9 Å². The molecule has 24 heavy (non-hydrogen) atoms. The number of amides is 2. The van der Waals surface area contributed by atoms with E-state index < -0.39 is 0 Å². The topological polar surface area (TPSA) is 91.6 Å². The van der Waals surface area contributed by atoms with Gasteiger partial charge in [-0.3, -0.25) is 19.5 Å². The third-order valence-corrected chi connectivity index (χ3v) is 4.77. The number of aromatic nitrogens is 1. The van der Waals surface area contributed by atoms with E-state index in [2.05, 4.69) is 15.2 Å². The summed E-state index contributed by atoms with van der Waals surface area (Å²) in [6, 6.07) is 3.20. The fourth-order valence-corrected chi connectivity index (χ4v) is 3.44. The highest BCUT2D eigenvalue weighted by Gasteiger charge is 2.42. The number of nitrogens with one attached hydrogen (secondary N) is 1. The molecule has 7 heteroatoms. The molecule has 2 saturated heterocycles. The molecular weight excluding hydrogens is 306 g/mol. The number of carbonyl (C=O) groups is 2. The quantitative estimate of drug-likeness (QED) is 0.700. The van der Waals surface area contributed by atoms with E-state index in [9.17, 15) is 9.59 Å². The van der Waals surface area contributed by atoms with Crippen molar-refractivity contribution < 1.29 is 9.59 Å². The van der Waals surface area contributed by atoms with Crippen LogP contribution < -0.4 is 11.1 Å². The molecule has 2 aliphatic rings. The van der Waals surface area contributed by atoms with Crippen LogP contribution in [0.1, 0.15) is 24.8 Å². The second kappa shape index (κ2) is 7.72. The number of hydrogen-bond donors (Lipinski definition) is 2. The average Bonchev–Trinajstić information content (AvgIpc) is 2.60. The van der Waals surface area contributed by atoms with E-state index in [4.69, 9.17) is 5.73 Å². The van der Waals surface area contributed by atoms with Crippen LogP contribution in [0.25, 0.3) is 0 Å². The molecule has 1 aromatic heterocycles. The second-order valence-corrected chi connectivity index (χ2v) is 6.48. The summed E-state index contributed by atoms with van der Waals surface area (Å²) in [5.41, 5.74) is 6.67. The standard InChI is InChI=1S/C17H25N5O2/c18-6-2-1-3-14-17(24)22-10-9-21(12-15(22)16(23)20-14)11-13-4-7-19-8-5-13/h4-5,7-8,14-15H,1-3,6,9-12,18H2,(H,20,23)/t14-,15+/m0/s1. The summed E-state index contributed by atoms with van der Waals surface area (Å²) < 4.78 is 0. The molecule has 3 N–H and O–H groups in total. The lowest BCUT2D eigenvalue weighted by molar-refractivity contribution is -0.153. The lowest BCUT2D eigenvalue weighted by Crippen LogP contribution is -2.69. The van der Waals surface area contributed by atoms with Gasteiger partial charge in [-0.15, -0.1) is 0 Å². The van der Waals surface area contributed by atoms with Gasteiger partial charge in [0.15, 0.2) is 0 Å². The zero-order valence-electron chi connectivity index (χ0n) is 13.9. The molecule has 3 rings (SSSR count). The number of nitrogens with zero attached hydrogens (tertiary/aromatic N) is 3. The Morgan fingerprint density at radius 3 is 2.75 bits per heavy atom. The average molecular weight is 331 g/mol. The van der Waals surface area contributed by atoms with Crippen LogP contribution in [0.2, 0.25) is 0 Å². The summed E-state index contributed by atoms with van der Waals surface area (Å²) in [7, 11) is 0. The van der Waals surface area contributed by atoms with Crippen molar-refractivity contribution in [3.8, 4) is 0 Å². The number of nitrogens with two attached hydrogens (primary N) is 1. The predicted molar refractivity (Wildman–Crippen MR) is 89.9 cm³/mol. The fraction of sp³-hybridized carbons (Fsp3) is 0.588. The van der Waals surface area contributed by atoms with Crippen molar-refractivity contribution in [2.45, 2.75) is 37.9 Å². The van der Waals surface area contributed by atoms with Crippen molar-refractivity contribution >= 4 is 11.8 Å². The smallest absolute Gasteiger partial charge is 0.245 e. The molecule has 2 aliphatic heterocycles. The minimum Gasteiger partial charge on any atom is -0.342 e. The Morgan fingerprint density at radius 2 is 2.00 bits per heavy atom. The van der Waals surface area contributed by atoms with Gasteiger partial charge < -0.3 is 16.0 Å². The summed E-state index contributed by atoms with van der Waals surface area (Å²) in [4.78, 5) is 33.1. The van der Waals surface area contributed by atoms with E-state index in [0.717, 1.165) is 25.9 Å². The molecule has 0 aromatic carbocycles. The van der Waals surface area contributed by atoms with Gasteiger partial charge in [0.1, 0.15) is 12.1 Å². The summed E-state index contributed by atoms with van der Waals surface area (Å²) in [6.45, 7) is 3.36. The summed E-state index contributed by atoms with van der Waals surface area (Å²) >= 11 is 0. The van der Waals surface area contributed by atoms with Crippen LogP contribution in [0.3, 0.4) is 0 Å². The monoisotopic (exact) mass is 331 g/mol. The molecule has 1 aromatic rings. The van der Waals surface area contributed by atoms with Gasteiger partial charge in [-0.2, -0.15) is 0 Å². The van der Waals surface area contributed by atoms with Gasteiger partial charge in [-0.25, -0.2) is 0 Å². The van der Waals surface area contributed by atoms with Gasteiger partial charge in [0.25, 0.3) is 0 Å². The maximum Gasteiger partial charge on any atom is 0.245 e. The number of piperazine rings is 2. The van der Waals surface area contributed by atoms with Crippen LogP contribution in [-0.4, -0.2) is 64.9 Å². The van der Waals surface area contributed by atoms with Crippen LogP contribution in [0.15, 0.2) is 24.5 Å². The molecule has 0 bridgehead atoms. The number of fused-ring (bicyclic) bond motifs is 1. The first-order chi connectivity index (χ1) is 11.7. The van der Waals surface area contributed by atoms with Gasteiger partial charge in [0.2, 0.25) is 11.8 Å². The molecule has 2 atom stereocenters. The zero-order chi connectivity index (χ0) is 16.9. The lowest BCUT2D eigenvalue weighted by atomic mass is 10.00. The van der Waals surface area contributed by atoms with E-state index in [1.807, 2.05) is 12.1 Å². The Labute approximate surface area is 142 Å². The number of pyridine rings is 1.